The number of hydrogen-bond acceptors (Lipinski definition) is 4. The lowest BCUT2D eigenvalue weighted by Gasteiger charge is -2.34. The molecule has 0 amide bonds. The Morgan fingerprint density at radius 1 is 1.56 bits per heavy atom. The highest BCUT2D eigenvalue weighted by Crippen LogP contribution is 2.24. The Kier molecular flexibility index (Phi) is 3.25. The number of rotatable bonds is 1. The maximum Gasteiger partial charge on any atom is 0.178 e. The van der Waals surface area contributed by atoms with Crippen LogP contribution in [0.15, 0.2) is 6.20 Å². The van der Waals surface area contributed by atoms with Crippen LogP contribution in [0.2, 0.25) is 5.15 Å². The molecule has 2 heterocycles. The van der Waals surface area contributed by atoms with Crippen molar-refractivity contribution >= 4 is 17.4 Å². The molecular weight excluding hydrogens is 224 g/mol. The predicted octanol–water partition coefficient (Wildman–Crippen LogP) is 2.38. The van der Waals surface area contributed by atoms with E-state index in [1.54, 1.807) is 6.20 Å². The highest BCUT2D eigenvalue weighted by atomic mass is 35.5. The normalized spacial score (nSPS) is 20.6. The first-order valence-corrected chi connectivity index (χ1v) is 5.79. The SMILES string of the molecule is C[C@@H]1CCCCN1c1cnc(C#N)c(Cl)n1. The summed E-state index contributed by atoms with van der Waals surface area (Å²) in [6, 6.07) is 2.38. The second-order valence-electron chi connectivity index (χ2n) is 4.02. The van der Waals surface area contributed by atoms with Gasteiger partial charge in [-0.3, -0.25) is 0 Å². The summed E-state index contributed by atoms with van der Waals surface area (Å²) in [6.07, 6.45) is 5.23. The molecular formula is C11H13ClN4. The van der Waals surface area contributed by atoms with Crippen LogP contribution in [0.4, 0.5) is 5.82 Å². The Balaban J connectivity index is 2.27. The number of anilines is 1. The van der Waals surface area contributed by atoms with Gasteiger partial charge in [0, 0.05) is 12.6 Å². The summed E-state index contributed by atoms with van der Waals surface area (Å²) in [5.74, 6) is 0.774. The maximum atomic E-state index is 8.72. The molecule has 2 rings (SSSR count). The smallest absolute Gasteiger partial charge is 0.178 e. The lowest BCUT2D eigenvalue weighted by Crippen LogP contribution is -2.38. The molecule has 1 atom stereocenters. The number of nitriles is 1. The van der Waals surface area contributed by atoms with Crippen LogP contribution < -0.4 is 4.90 Å². The van der Waals surface area contributed by atoms with Crippen LogP contribution in [0.25, 0.3) is 0 Å². The number of piperidine rings is 1. The zero-order valence-electron chi connectivity index (χ0n) is 9.15. The molecule has 0 saturated carbocycles. The van der Waals surface area contributed by atoms with Crippen molar-refractivity contribution in [3.63, 3.8) is 0 Å². The van der Waals surface area contributed by atoms with Crippen LogP contribution in [0.3, 0.4) is 0 Å². The van der Waals surface area contributed by atoms with Crippen LogP contribution >= 0.6 is 11.6 Å². The molecule has 84 valence electrons. The maximum absolute atomic E-state index is 8.72. The third kappa shape index (κ3) is 2.10. The van der Waals surface area contributed by atoms with Crippen LogP contribution in [0, 0.1) is 11.3 Å². The van der Waals surface area contributed by atoms with Gasteiger partial charge in [-0.2, -0.15) is 5.26 Å². The first kappa shape index (κ1) is 11.2. The molecule has 0 bridgehead atoms. The van der Waals surface area contributed by atoms with Gasteiger partial charge < -0.3 is 4.90 Å². The first-order chi connectivity index (χ1) is 7.72. The molecule has 1 aromatic rings. The van der Waals surface area contributed by atoms with Gasteiger partial charge in [0.25, 0.3) is 0 Å². The Morgan fingerprint density at radius 3 is 3.00 bits per heavy atom. The average molecular weight is 237 g/mol. The summed E-state index contributed by atoms with van der Waals surface area (Å²) in [5.41, 5.74) is 0.190. The quantitative estimate of drug-likeness (QED) is 0.751. The predicted molar refractivity (Wildman–Crippen MR) is 62.4 cm³/mol. The van der Waals surface area contributed by atoms with Gasteiger partial charge in [0.15, 0.2) is 10.8 Å². The van der Waals surface area contributed by atoms with Crippen molar-refractivity contribution < 1.29 is 0 Å². The van der Waals surface area contributed by atoms with Crippen LogP contribution in [0.1, 0.15) is 31.9 Å². The monoisotopic (exact) mass is 236 g/mol. The van der Waals surface area contributed by atoms with Gasteiger partial charge in [0.05, 0.1) is 6.20 Å². The molecule has 5 heteroatoms. The Morgan fingerprint density at radius 2 is 2.38 bits per heavy atom. The Bertz CT molecular complexity index is 426. The minimum Gasteiger partial charge on any atom is -0.353 e. The molecule has 0 unspecified atom stereocenters. The van der Waals surface area contributed by atoms with E-state index in [1.165, 1.54) is 19.3 Å². The molecule has 0 aliphatic carbocycles. The summed E-state index contributed by atoms with van der Waals surface area (Å²) in [6.45, 7) is 3.16. The second-order valence-corrected chi connectivity index (χ2v) is 4.38. The zero-order valence-corrected chi connectivity index (χ0v) is 9.91. The van der Waals surface area contributed by atoms with Gasteiger partial charge >= 0.3 is 0 Å². The lowest BCUT2D eigenvalue weighted by atomic mass is 10.0. The summed E-state index contributed by atoms with van der Waals surface area (Å²) in [5, 5.41) is 8.91. The molecule has 1 fully saturated rings. The minimum absolute atomic E-state index is 0.190. The molecule has 1 aliphatic rings. The number of hydrogen-bond donors (Lipinski definition) is 0. The van der Waals surface area contributed by atoms with E-state index in [0.29, 0.717) is 6.04 Å². The van der Waals surface area contributed by atoms with E-state index in [1.807, 2.05) is 6.07 Å². The fourth-order valence-corrected chi connectivity index (χ4v) is 2.19. The van der Waals surface area contributed by atoms with Crippen LogP contribution in [-0.2, 0) is 0 Å². The van der Waals surface area contributed by atoms with Crippen molar-refractivity contribution in [2.24, 2.45) is 0 Å². The van der Waals surface area contributed by atoms with Crippen molar-refractivity contribution in [2.75, 3.05) is 11.4 Å². The third-order valence-corrected chi connectivity index (χ3v) is 3.18. The van der Waals surface area contributed by atoms with Gasteiger partial charge in [-0.25, -0.2) is 9.97 Å². The molecule has 4 nitrogen and oxygen atoms in total. The van der Waals surface area contributed by atoms with E-state index in [-0.39, 0.29) is 10.8 Å². The van der Waals surface area contributed by atoms with Crippen molar-refractivity contribution in [2.45, 2.75) is 32.2 Å². The van der Waals surface area contributed by atoms with E-state index in [9.17, 15) is 0 Å². The molecule has 0 N–H and O–H groups in total. The van der Waals surface area contributed by atoms with Gasteiger partial charge in [0.1, 0.15) is 11.9 Å². The fraction of sp³-hybridized carbons (Fsp3) is 0.545. The van der Waals surface area contributed by atoms with Crippen molar-refractivity contribution in [1.82, 2.24) is 9.97 Å². The molecule has 1 aromatic heterocycles. The van der Waals surface area contributed by atoms with E-state index < -0.39 is 0 Å². The van der Waals surface area contributed by atoms with Gasteiger partial charge in [-0.05, 0) is 26.2 Å². The van der Waals surface area contributed by atoms with Gasteiger partial charge in [-0.15, -0.1) is 0 Å². The van der Waals surface area contributed by atoms with Crippen LogP contribution in [-0.4, -0.2) is 22.6 Å². The average Bonchev–Trinajstić information content (AvgIpc) is 2.29. The number of aromatic nitrogens is 2. The highest BCUT2D eigenvalue weighted by Gasteiger charge is 2.20. The summed E-state index contributed by atoms with van der Waals surface area (Å²) >= 11 is 5.87. The third-order valence-electron chi connectivity index (χ3n) is 2.92. The van der Waals surface area contributed by atoms with E-state index >= 15 is 0 Å². The molecule has 16 heavy (non-hydrogen) atoms. The first-order valence-electron chi connectivity index (χ1n) is 5.41. The summed E-state index contributed by atoms with van der Waals surface area (Å²) < 4.78 is 0. The largest absolute Gasteiger partial charge is 0.353 e. The standard InChI is InChI=1S/C11H13ClN4/c1-8-4-2-3-5-16(8)10-7-14-9(6-13)11(12)15-10/h7-8H,2-5H2,1H3/t8-/m1/s1. The van der Waals surface area contributed by atoms with E-state index in [0.717, 1.165) is 12.4 Å². The van der Waals surface area contributed by atoms with Crippen molar-refractivity contribution in [3.05, 3.63) is 17.0 Å². The topological polar surface area (TPSA) is 52.8 Å². The summed E-state index contributed by atoms with van der Waals surface area (Å²) in [7, 11) is 0. The lowest BCUT2D eigenvalue weighted by molar-refractivity contribution is 0.480. The van der Waals surface area contributed by atoms with Gasteiger partial charge in [-0.1, -0.05) is 11.6 Å². The molecule has 0 spiro atoms. The van der Waals surface area contributed by atoms with Crippen molar-refractivity contribution in [3.8, 4) is 6.07 Å². The number of halogens is 1. The van der Waals surface area contributed by atoms with Crippen LogP contribution in [0.5, 0.6) is 0 Å². The Labute approximate surface area is 99.9 Å². The zero-order chi connectivity index (χ0) is 11.5. The molecule has 0 radical (unpaired) electrons. The Hall–Kier alpha value is -1.34. The second kappa shape index (κ2) is 4.67. The molecule has 0 aromatic carbocycles. The minimum atomic E-state index is 0.190. The fourth-order valence-electron chi connectivity index (χ4n) is 2.01. The van der Waals surface area contributed by atoms with Crippen molar-refractivity contribution in [1.29, 1.82) is 5.26 Å². The van der Waals surface area contributed by atoms with E-state index in [2.05, 4.69) is 21.8 Å². The van der Waals surface area contributed by atoms with E-state index in [4.69, 9.17) is 16.9 Å². The highest BCUT2D eigenvalue weighted by molar-refractivity contribution is 6.30. The van der Waals surface area contributed by atoms with Gasteiger partial charge in [0.2, 0.25) is 0 Å². The summed E-state index contributed by atoms with van der Waals surface area (Å²) in [4.78, 5) is 10.4. The molecule has 1 saturated heterocycles. The molecule has 1 aliphatic heterocycles. The number of nitrogens with zero attached hydrogens (tertiary/aromatic N) is 4.